The highest BCUT2D eigenvalue weighted by molar-refractivity contribution is 5.89. The Morgan fingerprint density at radius 1 is 1.40 bits per heavy atom. The molecule has 2 aromatic heterocycles. The van der Waals surface area contributed by atoms with Gasteiger partial charge in [-0.25, -0.2) is 9.67 Å². The van der Waals surface area contributed by atoms with Crippen molar-refractivity contribution in [2.45, 2.75) is 13.5 Å². The molecule has 5 heteroatoms. The van der Waals surface area contributed by atoms with E-state index in [1.807, 2.05) is 18.2 Å². The third kappa shape index (κ3) is 2.25. The van der Waals surface area contributed by atoms with E-state index in [4.69, 9.17) is 0 Å². The van der Waals surface area contributed by atoms with E-state index in [0.29, 0.717) is 6.54 Å². The lowest BCUT2D eigenvalue weighted by atomic mass is 10.3. The average Bonchev–Trinajstić information content (AvgIpc) is 2.68. The van der Waals surface area contributed by atoms with Crippen molar-refractivity contribution >= 4 is 5.78 Å². The third-order valence-electron chi connectivity index (χ3n) is 1.90. The van der Waals surface area contributed by atoms with Gasteiger partial charge in [0.15, 0.2) is 5.78 Å². The van der Waals surface area contributed by atoms with Gasteiger partial charge in [-0.2, -0.15) is 0 Å². The van der Waals surface area contributed by atoms with E-state index in [0.717, 1.165) is 5.69 Å². The standard InChI is InChI=1S/C10H10N4O/c1-8(15)10-12-7-14(13-10)6-9-4-2-3-5-11-9/h2-5,7H,6H2,1H3. The summed E-state index contributed by atoms with van der Waals surface area (Å²) in [7, 11) is 0. The minimum atomic E-state index is -0.130. The predicted molar refractivity (Wildman–Crippen MR) is 53.4 cm³/mol. The molecule has 0 aromatic carbocycles. The number of nitrogens with zero attached hydrogens (tertiary/aromatic N) is 4. The van der Waals surface area contributed by atoms with Crippen molar-refractivity contribution in [1.29, 1.82) is 0 Å². The molecule has 5 nitrogen and oxygen atoms in total. The SMILES string of the molecule is CC(=O)c1ncn(Cc2ccccn2)n1. The molecular formula is C10H10N4O. The number of hydrogen-bond acceptors (Lipinski definition) is 4. The molecule has 0 amide bonds. The van der Waals surface area contributed by atoms with Gasteiger partial charge in [0.25, 0.3) is 0 Å². The number of rotatable bonds is 3. The average molecular weight is 202 g/mol. The molecule has 15 heavy (non-hydrogen) atoms. The zero-order valence-electron chi connectivity index (χ0n) is 8.29. The topological polar surface area (TPSA) is 60.7 Å². The Hall–Kier alpha value is -2.04. The number of aromatic nitrogens is 4. The Labute approximate surface area is 86.8 Å². The van der Waals surface area contributed by atoms with Crippen molar-refractivity contribution in [2.75, 3.05) is 0 Å². The van der Waals surface area contributed by atoms with E-state index < -0.39 is 0 Å². The minimum Gasteiger partial charge on any atom is -0.291 e. The Kier molecular flexibility index (Phi) is 2.53. The quantitative estimate of drug-likeness (QED) is 0.694. The number of Topliss-reactive ketones (excluding diaryl/α,β-unsaturated/α-hetero) is 1. The summed E-state index contributed by atoms with van der Waals surface area (Å²) >= 11 is 0. The summed E-state index contributed by atoms with van der Waals surface area (Å²) in [6.45, 7) is 1.97. The largest absolute Gasteiger partial charge is 0.291 e. The van der Waals surface area contributed by atoms with Crippen LogP contribution in [0.15, 0.2) is 30.7 Å². The van der Waals surface area contributed by atoms with Crippen LogP contribution in [0.5, 0.6) is 0 Å². The summed E-state index contributed by atoms with van der Waals surface area (Å²) in [4.78, 5) is 19.0. The van der Waals surface area contributed by atoms with Crippen molar-refractivity contribution in [2.24, 2.45) is 0 Å². The monoisotopic (exact) mass is 202 g/mol. The molecule has 0 fully saturated rings. The number of carbonyl (C=O) groups excluding carboxylic acids is 1. The van der Waals surface area contributed by atoms with Crippen LogP contribution in [0.3, 0.4) is 0 Å². The molecule has 0 N–H and O–H groups in total. The van der Waals surface area contributed by atoms with Crippen molar-refractivity contribution in [3.8, 4) is 0 Å². The number of hydrogen-bond donors (Lipinski definition) is 0. The molecule has 0 aliphatic carbocycles. The van der Waals surface area contributed by atoms with Gasteiger partial charge in [-0.15, -0.1) is 5.10 Å². The highest BCUT2D eigenvalue weighted by atomic mass is 16.1. The number of ketones is 1. The Balaban J connectivity index is 2.15. The minimum absolute atomic E-state index is 0.130. The van der Waals surface area contributed by atoms with E-state index in [1.54, 1.807) is 10.9 Å². The van der Waals surface area contributed by atoms with Crippen LogP contribution < -0.4 is 0 Å². The van der Waals surface area contributed by atoms with E-state index in [2.05, 4.69) is 15.1 Å². The molecule has 0 saturated carbocycles. The molecule has 0 saturated heterocycles. The van der Waals surface area contributed by atoms with Crippen LogP contribution in [0.2, 0.25) is 0 Å². The van der Waals surface area contributed by atoms with Gasteiger partial charge in [-0.05, 0) is 12.1 Å². The van der Waals surface area contributed by atoms with Gasteiger partial charge in [-0.3, -0.25) is 9.78 Å². The first-order valence-corrected chi connectivity index (χ1v) is 4.56. The van der Waals surface area contributed by atoms with E-state index in [9.17, 15) is 4.79 Å². The molecule has 2 rings (SSSR count). The fourth-order valence-corrected chi connectivity index (χ4v) is 1.19. The van der Waals surface area contributed by atoms with Crippen molar-refractivity contribution in [3.63, 3.8) is 0 Å². The van der Waals surface area contributed by atoms with E-state index in [1.165, 1.54) is 13.3 Å². The fourth-order valence-electron chi connectivity index (χ4n) is 1.19. The normalized spacial score (nSPS) is 10.2. The molecule has 0 aliphatic rings. The fraction of sp³-hybridized carbons (Fsp3) is 0.200. The van der Waals surface area contributed by atoms with E-state index >= 15 is 0 Å². The summed E-state index contributed by atoms with van der Waals surface area (Å²) in [6.07, 6.45) is 3.25. The van der Waals surface area contributed by atoms with Crippen LogP contribution in [0.25, 0.3) is 0 Å². The first-order valence-electron chi connectivity index (χ1n) is 4.56. The number of pyridine rings is 1. The van der Waals surface area contributed by atoms with Crippen molar-refractivity contribution < 1.29 is 4.79 Å². The molecule has 0 spiro atoms. The molecule has 76 valence electrons. The Bertz CT molecular complexity index is 463. The third-order valence-corrected chi connectivity index (χ3v) is 1.90. The molecule has 2 heterocycles. The maximum absolute atomic E-state index is 11.0. The first-order chi connectivity index (χ1) is 7.25. The highest BCUT2D eigenvalue weighted by Gasteiger charge is 2.05. The lowest BCUT2D eigenvalue weighted by molar-refractivity contribution is 0.100. The van der Waals surface area contributed by atoms with Crippen molar-refractivity contribution in [3.05, 3.63) is 42.2 Å². The lowest BCUT2D eigenvalue weighted by Gasteiger charge is -1.98. The Morgan fingerprint density at radius 2 is 2.27 bits per heavy atom. The van der Waals surface area contributed by atoms with E-state index in [-0.39, 0.29) is 11.6 Å². The molecule has 0 bridgehead atoms. The van der Waals surface area contributed by atoms with Gasteiger partial charge in [0.05, 0.1) is 12.2 Å². The molecule has 0 radical (unpaired) electrons. The smallest absolute Gasteiger partial charge is 0.216 e. The van der Waals surface area contributed by atoms with Gasteiger partial charge in [0.1, 0.15) is 6.33 Å². The molecule has 0 unspecified atom stereocenters. The van der Waals surface area contributed by atoms with Crippen LogP contribution in [0, 0.1) is 0 Å². The predicted octanol–water partition coefficient (Wildman–Crippen LogP) is 0.924. The molecule has 0 aliphatic heterocycles. The van der Waals surface area contributed by atoms with Gasteiger partial charge in [0.2, 0.25) is 5.82 Å². The summed E-state index contributed by atoms with van der Waals surface area (Å²) in [5, 5.41) is 4.02. The first kappa shape index (κ1) is 9.51. The summed E-state index contributed by atoms with van der Waals surface area (Å²) in [5.74, 6) is 0.112. The summed E-state index contributed by atoms with van der Waals surface area (Å²) in [6, 6.07) is 5.66. The van der Waals surface area contributed by atoms with Gasteiger partial charge in [0, 0.05) is 13.1 Å². The zero-order valence-corrected chi connectivity index (χ0v) is 8.29. The maximum Gasteiger partial charge on any atom is 0.216 e. The maximum atomic E-state index is 11.0. The van der Waals surface area contributed by atoms with Gasteiger partial charge >= 0.3 is 0 Å². The zero-order chi connectivity index (χ0) is 10.7. The van der Waals surface area contributed by atoms with Crippen LogP contribution in [-0.2, 0) is 6.54 Å². The molecule has 2 aromatic rings. The van der Waals surface area contributed by atoms with Crippen molar-refractivity contribution in [1.82, 2.24) is 19.7 Å². The second-order valence-electron chi connectivity index (χ2n) is 3.14. The van der Waals surface area contributed by atoms with Crippen LogP contribution in [0.4, 0.5) is 0 Å². The summed E-state index contributed by atoms with van der Waals surface area (Å²) in [5.41, 5.74) is 0.887. The van der Waals surface area contributed by atoms with Crippen LogP contribution in [0.1, 0.15) is 23.2 Å². The highest BCUT2D eigenvalue weighted by Crippen LogP contribution is 1.98. The lowest BCUT2D eigenvalue weighted by Crippen LogP contribution is -2.03. The molecule has 0 atom stereocenters. The van der Waals surface area contributed by atoms with Gasteiger partial charge in [-0.1, -0.05) is 6.07 Å². The summed E-state index contributed by atoms with van der Waals surface area (Å²) < 4.78 is 1.60. The van der Waals surface area contributed by atoms with Crippen LogP contribution in [-0.4, -0.2) is 25.5 Å². The Morgan fingerprint density at radius 3 is 2.87 bits per heavy atom. The van der Waals surface area contributed by atoms with Crippen LogP contribution >= 0.6 is 0 Å². The van der Waals surface area contributed by atoms with Gasteiger partial charge < -0.3 is 0 Å². The second kappa shape index (κ2) is 4.00. The molecular weight excluding hydrogens is 192 g/mol. The number of carbonyl (C=O) groups is 1. The second-order valence-corrected chi connectivity index (χ2v) is 3.14.